The molecule has 0 spiro atoms. The number of aliphatic hydroxyl groups is 1. The smallest absolute Gasteiger partial charge is 0.0622 e. The van der Waals surface area contributed by atoms with Crippen molar-refractivity contribution in [3.8, 4) is 0 Å². The number of β-amino-alcohol motifs (C(OH)–C–C–N with tert-alkyl or cyclic N) is 1. The van der Waals surface area contributed by atoms with Crippen LogP contribution in [0.5, 0.6) is 0 Å². The zero-order chi connectivity index (χ0) is 9.80. The van der Waals surface area contributed by atoms with Gasteiger partial charge in [0.25, 0.3) is 0 Å². The second-order valence-electron chi connectivity index (χ2n) is 3.02. The fourth-order valence-corrected chi connectivity index (χ4v) is 1.32. The van der Waals surface area contributed by atoms with Crippen molar-refractivity contribution in [1.82, 2.24) is 10.5 Å². The van der Waals surface area contributed by atoms with Crippen LogP contribution in [0.2, 0.25) is 0 Å². The largest absolute Gasteiger partial charge is 0.394 e. The molecule has 4 nitrogen and oxygen atoms in total. The van der Waals surface area contributed by atoms with E-state index in [1.165, 1.54) is 0 Å². The summed E-state index contributed by atoms with van der Waals surface area (Å²) in [7, 11) is 0. The van der Waals surface area contributed by atoms with Gasteiger partial charge in [-0.1, -0.05) is 18.2 Å². The molecule has 4 heteroatoms. The molecule has 1 aromatic carbocycles. The first-order chi connectivity index (χ1) is 6.90. The van der Waals surface area contributed by atoms with E-state index < -0.39 is 0 Å². The average Bonchev–Trinajstić information content (AvgIpc) is 2.68. The second kappa shape index (κ2) is 4.13. The number of rotatable bonds is 3. The molecule has 0 saturated heterocycles. The van der Waals surface area contributed by atoms with Gasteiger partial charge in [0.15, 0.2) is 0 Å². The van der Waals surface area contributed by atoms with Crippen molar-refractivity contribution in [3.05, 3.63) is 42.7 Å². The number of hydrazine groups is 2. The maximum Gasteiger partial charge on any atom is 0.0622 e. The molecule has 2 rings (SSSR count). The van der Waals surface area contributed by atoms with Gasteiger partial charge in [-0.2, -0.15) is 0 Å². The average molecular weight is 191 g/mol. The molecule has 0 amide bonds. The Bertz CT molecular complexity index is 312. The summed E-state index contributed by atoms with van der Waals surface area (Å²) in [5.41, 5.74) is 4.18. The van der Waals surface area contributed by atoms with E-state index in [-0.39, 0.29) is 6.61 Å². The summed E-state index contributed by atoms with van der Waals surface area (Å²) < 4.78 is 0. The highest BCUT2D eigenvalue weighted by atomic mass is 16.3. The monoisotopic (exact) mass is 191 g/mol. The Morgan fingerprint density at radius 3 is 2.64 bits per heavy atom. The highest BCUT2D eigenvalue weighted by Crippen LogP contribution is 2.14. The minimum atomic E-state index is 0.139. The summed E-state index contributed by atoms with van der Waals surface area (Å²) >= 11 is 0. The van der Waals surface area contributed by atoms with Gasteiger partial charge in [0.1, 0.15) is 0 Å². The first-order valence-electron chi connectivity index (χ1n) is 4.56. The zero-order valence-electron chi connectivity index (χ0n) is 7.80. The molecule has 0 aliphatic carbocycles. The van der Waals surface area contributed by atoms with Gasteiger partial charge < -0.3 is 5.11 Å². The lowest BCUT2D eigenvalue weighted by Gasteiger charge is -2.21. The number of nitrogens with zero attached hydrogens (tertiary/aromatic N) is 2. The van der Waals surface area contributed by atoms with E-state index in [1.807, 2.05) is 52.7 Å². The van der Waals surface area contributed by atoms with Crippen molar-refractivity contribution >= 4 is 5.69 Å². The number of hydrogen-bond donors (Lipinski definition) is 2. The van der Waals surface area contributed by atoms with E-state index in [4.69, 9.17) is 5.11 Å². The van der Waals surface area contributed by atoms with Gasteiger partial charge in [-0.15, -0.1) is 5.53 Å². The Kier molecular flexibility index (Phi) is 2.67. The molecule has 1 heterocycles. The van der Waals surface area contributed by atoms with Crippen molar-refractivity contribution in [2.45, 2.75) is 0 Å². The predicted octanol–water partition coefficient (Wildman–Crippen LogP) is 0.692. The third-order valence-corrected chi connectivity index (χ3v) is 2.01. The van der Waals surface area contributed by atoms with Gasteiger partial charge in [-0.25, -0.2) is 0 Å². The first kappa shape index (κ1) is 9.05. The van der Waals surface area contributed by atoms with E-state index in [0.29, 0.717) is 6.54 Å². The van der Waals surface area contributed by atoms with Crippen LogP contribution >= 0.6 is 0 Å². The number of nitrogens with one attached hydrogen (secondary N) is 1. The van der Waals surface area contributed by atoms with E-state index >= 15 is 0 Å². The van der Waals surface area contributed by atoms with Crippen LogP contribution in [0.4, 0.5) is 5.69 Å². The Balaban J connectivity index is 2.00. The molecule has 0 aromatic heterocycles. The van der Waals surface area contributed by atoms with Crippen LogP contribution in [0.25, 0.3) is 0 Å². The standard InChI is InChI=1S/C10H13N3O/c14-9-8-12-6-7-13(11-12)10-4-2-1-3-5-10/h1-7,11,14H,8-9H2. The summed E-state index contributed by atoms with van der Waals surface area (Å²) in [5.74, 6) is 0. The third kappa shape index (κ3) is 1.86. The van der Waals surface area contributed by atoms with Gasteiger partial charge >= 0.3 is 0 Å². The molecule has 0 atom stereocenters. The molecule has 74 valence electrons. The Morgan fingerprint density at radius 1 is 1.14 bits per heavy atom. The minimum absolute atomic E-state index is 0.139. The van der Waals surface area contributed by atoms with E-state index in [1.54, 1.807) is 0 Å². The Morgan fingerprint density at radius 2 is 1.93 bits per heavy atom. The van der Waals surface area contributed by atoms with Crippen LogP contribution in [0, 0.1) is 0 Å². The Labute approximate surface area is 83.0 Å². The van der Waals surface area contributed by atoms with Crippen LogP contribution in [-0.2, 0) is 0 Å². The quantitative estimate of drug-likeness (QED) is 0.737. The molecule has 0 bridgehead atoms. The highest BCUT2D eigenvalue weighted by molar-refractivity contribution is 5.48. The second-order valence-corrected chi connectivity index (χ2v) is 3.02. The van der Waals surface area contributed by atoms with Gasteiger partial charge in [0.05, 0.1) is 18.8 Å². The Hall–Kier alpha value is -1.52. The lowest BCUT2D eigenvalue weighted by molar-refractivity contribution is 0.206. The van der Waals surface area contributed by atoms with Crippen LogP contribution in [0.1, 0.15) is 0 Å². The van der Waals surface area contributed by atoms with Gasteiger partial charge in [-0.05, 0) is 12.1 Å². The topological polar surface area (TPSA) is 38.7 Å². The van der Waals surface area contributed by atoms with Crippen LogP contribution in [-0.4, -0.2) is 23.3 Å². The number of para-hydroxylation sites is 1. The lowest BCUT2D eigenvalue weighted by atomic mass is 10.3. The highest BCUT2D eigenvalue weighted by Gasteiger charge is 2.11. The molecule has 0 saturated carbocycles. The number of benzene rings is 1. The van der Waals surface area contributed by atoms with Gasteiger partial charge in [-0.3, -0.25) is 10.0 Å². The summed E-state index contributed by atoms with van der Waals surface area (Å²) in [5, 5.41) is 12.5. The maximum absolute atomic E-state index is 8.75. The summed E-state index contributed by atoms with van der Waals surface area (Å²) in [6.07, 6.45) is 3.81. The molecule has 14 heavy (non-hydrogen) atoms. The maximum atomic E-state index is 8.75. The number of aliphatic hydroxyl groups excluding tert-OH is 1. The SMILES string of the molecule is OCCN1C=CN(c2ccccc2)N1. The summed E-state index contributed by atoms with van der Waals surface area (Å²) in [6.45, 7) is 0.722. The first-order valence-corrected chi connectivity index (χ1v) is 4.56. The molecule has 1 aliphatic rings. The molecular formula is C10H13N3O. The zero-order valence-corrected chi connectivity index (χ0v) is 7.80. The van der Waals surface area contributed by atoms with Crippen molar-refractivity contribution in [2.75, 3.05) is 18.2 Å². The minimum Gasteiger partial charge on any atom is -0.394 e. The van der Waals surface area contributed by atoms with Crippen LogP contribution in [0.15, 0.2) is 42.7 Å². The van der Waals surface area contributed by atoms with Crippen molar-refractivity contribution in [1.29, 1.82) is 0 Å². The summed E-state index contributed by atoms with van der Waals surface area (Å²) in [6, 6.07) is 9.98. The van der Waals surface area contributed by atoms with Crippen molar-refractivity contribution < 1.29 is 5.11 Å². The molecule has 1 aliphatic heterocycles. The molecule has 1 aromatic rings. The molecular weight excluding hydrogens is 178 g/mol. The van der Waals surface area contributed by atoms with Gasteiger partial charge in [0, 0.05) is 12.4 Å². The number of hydrogen-bond acceptors (Lipinski definition) is 4. The van der Waals surface area contributed by atoms with E-state index in [9.17, 15) is 0 Å². The molecule has 0 radical (unpaired) electrons. The van der Waals surface area contributed by atoms with E-state index in [2.05, 4.69) is 5.53 Å². The predicted molar refractivity (Wildman–Crippen MR) is 55.0 cm³/mol. The summed E-state index contributed by atoms with van der Waals surface area (Å²) in [4.78, 5) is 0. The fourth-order valence-electron chi connectivity index (χ4n) is 1.32. The normalized spacial score (nSPS) is 15.2. The molecule has 0 fully saturated rings. The van der Waals surface area contributed by atoms with Crippen LogP contribution in [0.3, 0.4) is 0 Å². The number of anilines is 1. The van der Waals surface area contributed by atoms with Crippen molar-refractivity contribution in [3.63, 3.8) is 0 Å². The van der Waals surface area contributed by atoms with Gasteiger partial charge in [0.2, 0.25) is 0 Å². The fraction of sp³-hybridized carbons (Fsp3) is 0.200. The molecule has 0 unspecified atom stereocenters. The lowest BCUT2D eigenvalue weighted by Crippen LogP contribution is -2.40. The third-order valence-electron chi connectivity index (χ3n) is 2.01. The molecule has 2 N–H and O–H groups in total. The van der Waals surface area contributed by atoms with Crippen LogP contribution < -0.4 is 10.5 Å². The van der Waals surface area contributed by atoms with Crippen molar-refractivity contribution in [2.24, 2.45) is 0 Å². The van der Waals surface area contributed by atoms with E-state index in [0.717, 1.165) is 5.69 Å².